The van der Waals surface area contributed by atoms with Crippen LogP contribution in [0.5, 0.6) is 0 Å². The van der Waals surface area contributed by atoms with Crippen molar-refractivity contribution >= 4 is 5.91 Å². The van der Waals surface area contributed by atoms with E-state index in [1.54, 1.807) is 0 Å². The lowest BCUT2D eigenvalue weighted by Gasteiger charge is -2.35. The summed E-state index contributed by atoms with van der Waals surface area (Å²) in [4.78, 5) is 14.3. The fraction of sp³-hybridized carbons (Fsp3) is 0.917. The Labute approximate surface area is 97.3 Å². The Hall–Kier alpha value is -0.610. The molecule has 16 heavy (non-hydrogen) atoms. The SMILES string of the molecule is CCN(C(=O)[C@H]1CCCN1)C1CCOCC1. The second-order valence-corrected chi connectivity index (χ2v) is 4.62. The van der Waals surface area contributed by atoms with E-state index in [9.17, 15) is 4.79 Å². The third-order valence-electron chi connectivity index (χ3n) is 3.61. The molecule has 4 heteroatoms. The smallest absolute Gasteiger partial charge is 0.239 e. The van der Waals surface area contributed by atoms with Gasteiger partial charge in [0, 0.05) is 25.8 Å². The maximum absolute atomic E-state index is 12.3. The van der Waals surface area contributed by atoms with Crippen molar-refractivity contribution in [3.05, 3.63) is 0 Å². The Kier molecular flexibility index (Phi) is 4.18. The molecule has 2 aliphatic heterocycles. The number of hydrogen-bond donors (Lipinski definition) is 1. The molecule has 0 bridgehead atoms. The molecule has 0 aromatic carbocycles. The molecule has 2 saturated heterocycles. The first-order valence-corrected chi connectivity index (χ1v) is 6.44. The number of nitrogens with one attached hydrogen (secondary N) is 1. The van der Waals surface area contributed by atoms with E-state index in [-0.39, 0.29) is 6.04 Å². The van der Waals surface area contributed by atoms with Crippen LogP contribution in [0.3, 0.4) is 0 Å². The highest BCUT2D eigenvalue weighted by Gasteiger charge is 2.30. The van der Waals surface area contributed by atoms with Crippen LogP contribution in [0.1, 0.15) is 32.6 Å². The molecule has 1 atom stereocenters. The minimum absolute atomic E-state index is 0.0720. The molecule has 2 aliphatic rings. The van der Waals surface area contributed by atoms with E-state index >= 15 is 0 Å². The number of carbonyl (C=O) groups excluding carboxylic acids is 1. The van der Waals surface area contributed by atoms with Gasteiger partial charge >= 0.3 is 0 Å². The molecular formula is C12H22N2O2. The lowest BCUT2D eigenvalue weighted by molar-refractivity contribution is -0.137. The van der Waals surface area contributed by atoms with E-state index in [2.05, 4.69) is 12.2 Å². The number of ether oxygens (including phenoxy) is 1. The van der Waals surface area contributed by atoms with Crippen LogP contribution in [0, 0.1) is 0 Å². The maximum atomic E-state index is 12.3. The lowest BCUT2D eigenvalue weighted by atomic mass is 10.1. The molecule has 0 spiro atoms. The third kappa shape index (κ3) is 2.55. The normalized spacial score (nSPS) is 26.9. The molecule has 0 radical (unpaired) electrons. The van der Waals surface area contributed by atoms with Gasteiger partial charge in [0.2, 0.25) is 5.91 Å². The summed E-state index contributed by atoms with van der Waals surface area (Å²) in [6.07, 6.45) is 4.11. The number of rotatable bonds is 3. The average Bonchev–Trinajstić information content (AvgIpc) is 2.85. The van der Waals surface area contributed by atoms with Crippen LogP contribution in [0.4, 0.5) is 0 Å². The first kappa shape index (κ1) is 11.9. The summed E-state index contributed by atoms with van der Waals surface area (Å²) in [6.45, 7) is 5.48. The molecule has 1 amide bonds. The van der Waals surface area contributed by atoms with Crippen molar-refractivity contribution in [2.75, 3.05) is 26.3 Å². The first-order valence-electron chi connectivity index (χ1n) is 6.44. The molecule has 0 aromatic rings. The monoisotopic (exact) mass is 226 g/mol. The van der Waals surface area contributed by atoms with Crippen LogP contribution in [0.25, 0.3) is 0 Å². The average molecular weight is 226 g/mol. The van der Waals surface area contributed by atoms with Crippen LogP contribution in [0.2, 0.25) is 0 Å². The topological polar surface area (TPSA) is 41.6 Å². The Bertz CT molecular complexity index is 233. The Morgan fingerprint density at radius 3 is 2.69 bits per heavy atom. The number of amides is 1. The van der Waals surface area contributed by atoms with Crippen molar-refractivity contribution in [1.82, 2.24) is 10.2 Å². The highest BCUT2D eigenvalue weighted by Crippen LogP contribution is 2.17. The van der Waals surface area contributed by atoms with Crippen molar-refractivity contribution in [2.45, 2.75) is 44.7 Å². The molecule has 0 unspecified atom stereocenters. The van der Waals surface area contributed by atoms with E-state index in [0.29, 0.717) is 11.9 Å². The molecule has 1 N–H and O–H groups in total. The molecule has 92 valence electrons. The standard InChI is InChI=1S/C12H22N2O2/c1-2-14(10-5-8-16-9-6-10)12(15)11-4-3-7-13-11/h10-11,13H,2-9H2,1H3/t11-/m1/s1. The van der Waals surface area contributed by atoms with Crippen molar-refractivity contribution in [2.24, 2.45) is 0 Å². The fourth-order valence-corrected chi connectivity index (χ4v) is 2.69. The summed E-state index contributed by atoms with van der Waals surface area (Å²) in [6, 6.07) is 0.469. The lowest BCUT2D eigenvalue weighted by Crippen LogP contribution is -2.50. The zero-order valence-corrected chi connectivity index (χ0v) is 10.1. The van der Waals surface area contributed by atoms with Crippen molar-refractivity contribution in [3.63, 3.8) is 0 Å². The van der Waals surface area contributed by atoms with Crippen molar-refractivity contribution in [3.8, 4) is 0 Å². The number of nitrogens with zero attached hydrogens (tertiary/aromatic N) is 1. The number of carbonyl (C=O) groups is 1. The molecule has 2 rings (SSSR count). The Morgan fingerprint density at radius 1 is 1.38 bits per heavy atom. The van der Waals surface area contributed by atoms with Gasteiger partial charge < -0.3 is 15.0 Å². The van der Waals surface area contributed by atoms with Gasteiger partial charge in [-0.05, 0) is 39.2 Å². The van der Waals surface area contributed by atoms with Crippen LogP contribution < -0.4 is 5.32 Å². The number of likely N-dealkylation sites (N-methyl/N-ethyl adjacent to an activating group) is 1. The second kappa shape index (κ2) is 5.64. The molecule has 2 fully saturated rings. The Balaban J connectivity index is 1.94. The van der Waals surface area contributed by atoms with Crippen LogP contribution >= 0.6 is 0 Å². The van der Waals surface area contributed by atoms with Gasteiger partial charge in [0.25, 0.3) is 0 Å². The largest absolute Gasteiger partial charge is 0.381 e. The van der Waals surface area contributed by atoms with Crippen molar-refractivity contribution < 1.29 is 9.53 Å². The molecule has 2 heterocycles. The minimum Gasteiger partial charge on any atom is -0.381 e. The van der Waals surface area contributed by atoms with Gasteiger partial charge in [0.05, 0.1) is 6.04 Å². The van der Waals surface area contributed by atoms with E-state index in [1.807, 2.05) is 4.90 Å². The van der Waals surface area contributed by atoms with Crippen LogP contribution in [-0.4, -0.2) is 49.2 Å². The summed E-state index contributed by atoms with van der Waals surface area (Å²) < 4.78 is 5.35. The highest BCUT2D eigenvalue weighted by atomic mass is 16.5. The predicted octanol–water partition coefficient (Wildman–Crippen LogP) is 0.766. The minimum atomic E-state index is 0.0720. The fourth-order valence-electron chi connectivity index (χ4n) is 2.69. The quantitative estimate of drug-likeness (QED) is 0.772. The molecule has 0 saturated carbocycles. The molecule has 0 aromatic heterocycles. The van der Waals surface area contributed by atoms with Gasteiger partial charge in [-0.15, -0.1) is 0 Å². The molecular weight excluding hydrogens is 204 g/mol. The predicted molar refractivity (Wildman–Crippen MR) is 62.3 cm³/mol. The van der Waals surface area contributed by atoms with Gasteiger partial charge in [-0.2, -0.15) is 0 Å². The van der Waals surface area contributed by atoms with Crippen LogP contribution in [-0.2, 0) is 9.53 Å². The summed E-state index contributed by atoms with van der Waals surface area (Å²) in [5.41, 5.74) is 0. The summed E-state index contributed by atoms with van der Waals surface area (Å²) >= 11 is 0. The summed E-state index contributed by atoms with van der Waals surface area (Å²) in [7, 11) is 0. The van der Waals surface area contributed by atoms with E-state index < -0.39 is 0 Å². The zero-order valence-electron chi connectivity index (χ0n) is 10.1. The summed E-state index contributed by atoms with van der Waals surface area (Å²) in [5, 5.41) is 3.29. The van der Waals surface area contributed by atoms with Crippen LogP contribution in [0.15, 0.2) is 0 Å². The van der Waals surface area contributed by atoms with Gasteiger partial charge in [-0.3, -0.25) is 4.79 Å². The maximum Gasteiger partial charge on any atom is 0.239 e. The Morgan fingerprint density at radius 2 is 2.12 bits per heavy atom. The van der Waals surface area contributed by atoms with E-state index in [0.717, 1.165) is 52.0 Å². The first-order chi connectivity index (χ1) is 7.83. The van der Waals surface area contributed by atoms with Gasteiger partial charge in [0.15, 0.2) is 0 Å². The molecule has 4 nitrogen and oxygen atoms in total. The zero-order chi connectivity index (χ0) is 11.4. The third-order valence-corrected chi connectivity index (χ3v) is 3.61. The highest BCUT2D eigenvalue weighted by molar-refractivity contribution is 5.82. The van der Waals surface area contributed by atoms with Gasteiger partial charge in [-0.1, -0.05) is 0 Å². The number of hydrogen-bond acceptors (Lipinski definition) is 3. The van der Waals surface area contributed by atoms with Crippen molar-refractivity contribution in [1.29, 1.82) is 0 Å². The summed E-state index contributed by atoms with van der Waals surface area (Å²) in [5.74, 6) is 0.298. The second-order valence-electron chi connectivity index (χ2n) is 4.62. The van der Waals surface area contributed by atoms with E-state index in [1.165, 1.54) is 0 Å². The van der Waals surface area contributed by atoms with Gasteiger partial charge in [0.1, 0.15) is 0 Å². The molecule has 0 aliphatic carbocycles. The van der Waals surface area contributed by atoms with E-state index in [4.69, 9.17) is 4.74 Å². The van der Waals surface area contributed by atoms with Gasteiger partial charge in [-0.25, -0.2) is 0 Å².